The first kappa shape index (κ1) is 18.9. The molecule has 0 saturated heterocycles. The fourth-order valence-electron chi connectivity index (χ4n) is 3.17. The molecule has 3 aromatic carbocycles. The predicted molar refractivity (Wildman–Crippen MR) is 85.1 cm³/mol. The van der Waals surface area contributed by atoms with E-state index in [4.69, 9.17) is 14.2 Å². The number of hydrogen-bond acceptors (Lipinski definition) is 7. The molecule has 26 heavy (non-hydrogen) atoms. The summed E-state index contributed by atoms with van der Waals surface area (Å²) in [6.07, 6.45) is 0. The monoisotopic (exact) mass is 379 g/mol. The Morgan fingerprint density at radius 2 is 1.96 bits per heavy atom. The van der Waals surface area contributed by atoms with Gasteiger partial charge < -0.3 is 24.1 Å². The molecule has 0 unspecified atom stereocenters. The van der Waals surface area contributed by atoms with Crippen molar-refractivity contribution < 1.29 is 80.4 Å². The van der Waals surface area contributed by atoms with Crippen LogP contribution in [0.4, 0.5) is 5.69 Å². The van der Waals surface area contributed by atoms with Crippen molar-refractivity contribution in [3.05, 3.63) is 46.0 Å². The number of carbonyl (C=O) groups is 1. The molecule has 0 amide bonds. The summed E-state index contributed by atoms with van der Waals surface area (Å²) in [4.78, 5) is 22.6. The fourth-order valence-corrected chi connectivity index (χ4v) is 3.17. The number of aromatic carboxylic acids is 1. The van der Waals surface area contributed by atoms with E-state index in [1.54, 1.807) is 18.2 Å². The second kappa shape index (κ2) is 7.01. The van der Waals surface area contributed by atoms with Crippen molar-refractivity contribution >= 4 is 33.2 Å². The van der Waals surface area contributed by atoms with Gasteiger partial charge in [-0.25, -0.2) is 0 Å². The molecule has 0 saturated carbocycles. The van der Waals surface area contributed by atoms with Crippen molar-refractivity contribution in [2.24, 2.45) is 0 Å². The maximum Gasteiger partial charge on any atom is 1.00 e. The van der Waals surface area contributed by atoms with Gasteiger partial charge in [-0.15, -0.1) is 0 Å². The van der Waals surface area contributed by atoms with Gasteiger partial charge in [0.2, 0.25) is 6.79 Å². The Morgan fingerprint density at radius 3 is 2.62 bits per heavy atom. The van der Waals surface area contributed by atoms with Crippen LogP contribution in [-0.2, 0) is 0 Å². The summed E-state index contributed by atoms with van der Waals surface area (Å²) in [6, 6.07) is 7.58. The number of fused-ring (bicyclic) bond motifs is 5. The summed E-state index contributed by atoms with van der Waals surface area (Å²) in [5.74, 6) is -0.638. The number of hydrogen-bond donors (Lipinski definition) is 0. The number of non-ortho nitro benzene ring substituents is 1. The predicted octanol–water partition coefficient (Wildman–Crippen LogP) is -0.994. The number of ether oxygens (including phenoxy) is 3. The van der Waals surface area contributed by atoms with Gasteiger partial charge in [0, 0.05) is 22.4 Å². The number of rotatable bonds is 3. The Bertz CT molecular complexity index is 1080. The summed E-state index contributed by atoms with van der Waals surface area (Å²) in [5.41, 5.74) is -0.694. The number of carboxylic acid groups (broad SMARTS) is 1. The van der Waals surface area contributed by atoms with Gasteiger partial charge in [-0.1, -0.05) is 12.1 Å². The SMILES string of the molecule is COc1cccc2c1cc([N+](=O)[O-])c1c(C(=O)[O-])cc3c(c12)OCO3.[K+]. The van der Waals surface area contributed by atoms with Gasteiger partial charge >= 0.3 is 51.4 Å². The van der Waals surface area contributed by atoms with Crippen LogP contribution >= 0.6 is 0 Å². The molecule has 0 N–H and O–H groups in total. The summed E-state index contributed by atoms with van der Waals surface area (Å²) >= 11 is 0. The summed E-state index contributed by atoms with van der Waals surface area (Å²) in [5, 5.41) is 24.5. The number of carboxylic acids is 1. The first-order valence-electron chi connectivity index (χ1n) is 7.24. The second-order valence-corrected chi connectivity index (χ2v) is 5.40. The van der Waals surface area contributed by atoms with E-state index in [9.17, 15) is 20.0 Å². The summed E-state index contributed by atoms with van der Waals surface area (Å²) in [6.45, 7) is -0.102. The zero-order valence-corrected chi connectivity index (χ0v) is 17.0. The number of carbonyl (C=O) groups excluding carboxylic acids is 1. The molecule has 0 spiro atoms. The van der Waals surface area contributed by atoms with E-state index >= 15 is 0 Å². The van der Waals surface area contributed by atoms with E-state index in [0.717, 1.165) is 0 Å². The number of nitrogens with zero attached hydrogens (tertiary/aromatic N) is 1. The third kappa shape index (κ3) is 2.72. The van der Waals surface area contributed by atoms with Crippen LogP contribution in [0.2, 0.25) is 0 Å². The number of benzene rings is 3. The first-order chi connectivity index (χ1) is 12.0. The Labute approximate surface area is 189 Å². The van der Waals surface area contributed by atoms with E-state index in [-0.39, 0.29) is 91.7 Å². The van der Waals surface area contributed by atoms with Crippen LogP contribution in [0.25, 0.3) is 21.5 Å². The van der Waals surface area contributed by atoms with Gasteiger partial charge in [0.15, 0.2) is 11.5 Å². The number of methoxy groups -OCH3 is 1. The second-order valence-electron chi connectivity index (χ2n) is 5.40. The topological polar surface area (TPSA) is 111 Å². The molecule has 0 atom stereocenters. The molecule has 0 aliphatic carbocycles. The Balaban J connectivity index is 0.00000196. The molecular weight excluding hydrogens is 369 g/mol. The maximum atomic E-state index is 11.6. The molecule has 9 heteroatoms. The van der Waals surface area contributed by atoms with Crippen molar-refractivity contribution in [2.75, 3.05) is 13.9 Å². The van der Waals surface area contributed by atoms with E-state index in [2.05, 4.69) is 0 Å². The van der Waals surface area contributed by atoms with Crippen LogP contribution in [0.3, 0.4) is 0 Å². The molecule has 1 aliphatic heterocycles. The van der Waals surface area contributed by atoms with E-state index in [1.165, 1.54) is 19.2 Å². The van der Waals surface area contributed by atoms with Crippen LogP contribution in [0.1, 0.15) is 10.4 Å². The van der Waals surface area contributed by atoms with Crippen molar-refractivity contribution in [1.29, 1.82) is 0 Å². The average Bonchev–Trinajstić information content (AvgIpc) is 3.07. The molecule has 3 aromatic rings. The first-order valence-corrected chi connectivity index (χ1v) is 7.24. The Kier molecular flexibility index (Phi) is 5.09. The van der Waals surface area contributed by atoms with Crippen molar-refractivity contribution in [3.8, 4) is 17.2 Å². The largest absolute Gasteiger partial charge is 1.00 e. The number of nitro benzene ring substituents is 1. The molecule has 0 radical (unpaired) electrons. The van der Waals surface area contributed by atoms with E-state index in [1.807, 2.05) is 0 Å². The molecule has 1 aliphatic rings. The minimum atomic E-state index is -1.53. The van der Waals surface area contributed by atoms with Gasteiger partial charge in [0.1, 0.15) is 5.75 Å². The Morgan fingerprint density at radius 1 is 1.19 bits per heavy atom. The average molecular weight is 379 g/mol. The van der Waals surface area contributed by atoms with Crippen molar-refractivity contribution in [2.45, 2.75) is 0 Å². The van der Waals surface area contributed by atoms with Gasteiger partial charge in [-0.2, -0.15) is 0 Å². The normalized spacial score (nSPS) is 12.0. The minimum absolute atomic E-state index is 0. The molecular formula is C17H10KNO7. The van der Waals surface area contributed by atoms with Crippen LogP contribution in [0.15, 0.2) is 30.3 Å². The molecule has 126 valence electrons. The quantitative estimate of drug-likeness (QED) is 0.249. The zero-order valence-electron chi connectivity index (χ0n) is 13.9. The zero-order chi connectivity index (χ0) is 17.7. The summed E-state index contributed by atoms with van der Waals surface area (Å²) in [7, 11) is 1.45. The molecule has 4 rings (SSSR count). The third-order valence-corrected chi connectivity index (χ3v) is 4.17. The Hall–Kier alpha value is -1.91. The molecule has 0 aromatic heterocycles. The van der Waals surface area contributed by atoms with Gasteiger partial charge in [0.25, 0.3) is 5.69 Å². The summed E-state index contributed by atoms with van der Waals surface area (Å²) < 4.78 is 16.0. The van der Waals surface area contributed by atoms with Crippen molar-refractivity contribution in [3.63, 3.8) is 0 Å². The minimum Gasteiger partial charge on any atom is -0.545 e. The van der Waals surface area contributed by atoms with Crippen molar-refractivity contribution in [1.82, 2.24) is 0 Å². The third-order valence-electron chi connectivity index (χ3n) is 4.17. The molecule has 1 heterocycles. The van der Waals surface area contributed by atoms with Crippen LogP contribution < -0.4 is 70.7 Å². The molecule has 0 fully saturated rings. The standard InChI is InChI=1S/C17H11NO7.K/c1-23-12-4-2-3-8-9(12)5-11(18(21)22)14-10(17(19)20)6-13-16(15(8)14)25-7-24-13;/h2-6H,7H2,1H3,(H,19,20);/q;+1/p-1. The van der Waals surface area contributed by atoms with E-state index in [0.29, 0.717) is 16.5 Å². The van der Waals surface area contributed by atoms with Gasteiger partial charge in [-0.05, 0) is 17.5 Å². The van der Waals surface area contributed by atoms with Crippen LogP contribution in [0.5, 0.6) is 17.2 Å². The van der Waals surface area contributed by atoms with Gasteiger partial charge in [-0.3, -0.25) is 10.1 Å². The van der Waals surface area contributed by atoms with Crippen LogP contribution in [-0.4, -0.2) is 24.8 Å². The molecule has 8 nitrogen and oxygen atoms in total. The molecule has 0 bridgehead atoms. The number of nitro groups is 1. The van der Waals surface area contributed by atoms with Gasteiger partial charge in [0.05, 0.1) is 23.4 Å². The van der Waals surface area contributed by atoms with Crippen LogP contribution in [0, 0.1) is 10.1 Å². The fraction of sp³-hybridized carbons (Fsp3) is 0.118. The maximum absolute atomic E-state index is 11.6. The van der Waals surface area contributed by atoms with E-state index < -0.39 is 10.9 Å². The smallest absolute Gasteiger partial charge is 0.545 e.